The highest BCUT2D eigenvalue weighted by molar-refractivity contribution is 7.51. The Labute approximate surface area is 113 Å². The van der Waals surface area contributed by atoms with Crippen LogP contribution in [0.4, 0.5) is 11.8 Å². The molecular weight excluding hydrogens is 287 g/mol. The van der Waals surface area contributed by atoms with E-state index in [1.54, 1.807) is 0 Å². The van der Waals surface area contributed by atoms with Crippen LogP contribution in [-0.2, 0) is 11.1 Å². The largest absolute Gasteiger partial charge is 0.391 e. The van der Waals surface area contributed by atoms with Gasteiger partial charge in [-0.15, -0.1) is 0 Å². The van der Waals surface area contributed by atoms with Gasteiger partial charge in [-0.2, -0.15) is 9.97 Å². The van der Waals surface area contributed by atoms with Crippen LogP contribution in [0.25, 0.3) is 11.2 Å². The summed E-state index contributed by atoms with van der Waals surface area (Å²) in [6.07, 6.45) is 0.0352. The molecule has 0 unspecified atom stereocenters. The lowest BCUT2D eigenvalue weighted by Crippen LogP contribution is -2.17. The van der Waals surface area contributed by atoms with Gasteiger partial charge in [0.1, 0.15) is 5.52 Å². The Hall–Kier alpha value is -1.74. The number of hydrogen-bond donors (Lipinski definition) is 5. The van der Waals surface area contributed by atoms with E-state index in [1.165, 1.54) is 10.9 Å². The molecule has 0 saturated carbocycles. The average Bonchev–Trinajstić information content (AvgIpc) is 2.69. The molecule has 0 aliphatic rings. The monoisotopic (exact) mass is 302 g/mol. The Kier molecular flexibility index (Phi) is 3.91. The first-order valence-electron chi connectivity index (χ1n) is 5.73. The molecule has 2 rings (SSSR count). The molecule has 1 atom stereocenters. The minimum absolute atomic E-state index is 0.0125. The second-order valence-electron chi connectivity index (χ2n) is 4.37. The molecule has 0 spiro atoms. The molecule has 20 heavy (non-hydrogen) atoms. The molecule has 0 saturated heterocycles. The molecule has 0 radical (unpaired) electrons. The third-order valence-corrected chi connectivity index (χ3v) is 3.51. The van der Waals surface area contributed by atoms with Crippen LogP contribution < -0.4 is 11.5 Å². The van der Waals surface area contributed by atoms with Crippen molar-refractivity contribution in [2.45, 2.75) is 19.1 Å². The molecule has 7 N–H and O–H groups in total. The summed E-state index contributed by atoms with van der Waals surface area (Å²) in [7, 11) is -4.12. The number of nitrogens with two attached hydrogens (primary N) is 2. The fraction of sp³-hybridized carbons (Fsp3) is 0.444. The topological polar surface area (TPSA) is 173 Å². The minimum Gasteiger partial charge on any atom is -0.391 e. The normalized spacial score (nSPS) is 13.8. The Morgan fingerprint density at radius 3 is 2.70 bits per heavy atom. The number of nitrogen functional groups attached to an aromatic ring is 2. The highest BCUT2D eigenvalue weighted by Crippen LogP contribution is 2.35. The van der Waals surface area contributed by atoms with Gasteiger partial charge in [-0.3, -0.25) is 4.57 Å². The van der Waals surface area contributed by atoms with Crippen LogP contribution in [0, 0.1) is 0 Å². The second kappa shape index (κ2) is 5.33. The lowest BCUT2D eigenvalue weighted by atomic mass is 10.3. The van der Waals surface area contributed by atoms with E-state index in [9.17, 15) is 9.67 Å². The summed E-state index contributed by atoms with van der Waals surface area (Å²) in [5.41, 5.74) is 11.9. The highest BCUT2D eigenvalue weighted by atomic mass is 31.2. The van der Waals surface area contributed by atoms with Crippen molar-refractivity contribution in [2.75, 3.05) is 17.6 Å². The third-order valence-electron chi connectivity index (χ3n) is 2.67. The van der Waals surface area contributed by atoms with Crippen LogP contribution in [0.3, 0.4) is 0 Å². The minimum atomic E-state index is -4.12. The molecule has 0 bridgehead atoms. The number of aliphatic hydroxyl groups is 1. The fourth-order valence-corrected chi connectivity index (χ4v) is 2.39. The van der Waals surface area contributed by atoms with E-state index < -0.39 is 13.7 Å². The van der Waals surface area contributed by atoms with Crippen LogP contribution in [0.2, 0.25) is 0 Å². The van der Waals surface area contributed by atoms with Crippen LogP contribution in [0.15, 0.2) is 6.33 Å². The number of fused-ring (bicyclic) bond motifs is 1. The van der Waals surface area contributed by atoms with Gasteiger partial charge >= 0.3 is 7.60 Å². The van der Waals surface area contributed by atoms with Crippen molar-refractivity contribution in [1.29, 1.82) is 0 Å². The van der Waals surface area contributed by atoms with Crippen molar-refractivity contribution in [1.82, 2.24) is 19.5 Å². The first-order valence-corrected chi connectivity index (χ1v) is 7.52. The van der Waals surface area contributed by atoms with Gasteiger partial charge in [-0.05, 0) is 6.42 Å². The summed E-state index contributed by atoms with van der Waals surface area (Å²) < 4.78 is 12.3. The zero-order chi connectivity index (χ0) is 14.9. The molecule has 0 aromatic carbocycles. The maximum absolute atomic E-state index is 10.8. The number of aliphatic hydroxyl groups excluding tert-OH is 1. The molecule has 0 fully saturated rings. The van der Waals surface area contributed by atoms with Crippen LogP contribution in [0.1, 0.15) is 6.42 Å². The Bertz CT molecular complexity index is 668. The summed E-state index contributed by atoms with van der Waals surface area (Å²) >= 11 is 0. The molecule has 10 nitrogen and oxygen atoms in total. The average molecular weight is 302 g/mol. The third kappa shape index (κ3) is 3.42. The fourth-order valence-electron chi connectivity index (χ4n) is 1.75. The number of anilines is 2. The molecule has 110 valence electrons. The summed E-state index contributed by atoms with van der Waals surface area (Å²) in [6, 6.07) is 0. The van der Waals surface area contributed by atoms with Crippen LogP contribution in [-0.4, -0.2) is 46.7 Å². The number of aromatic nitrogens is 4. The SMILES string of the molecule is Nc1nc(N)c2ncn(C[C@@H](O)CCP(=O)(O)O)c2n1. The van der Waals surface area contributed by atoms with E-state index in [1.807, 2.05) is 0 Å². The first-order chi connectivity index (χ1) is 9.26. The Balaban J connectivity index is 2.16. The van der Waals surface area contributed by atoms with E-state index >= 15 is 0 Å². The van der Waals surface area contributed by atoms with E-state index in [0.717, 1.165) is 0 Å². The maximum atomic E-state index is 10.8. The molecule has 0 amide bonds. The van der Waals surface area contributed by atoms with Gasteiger partial charge in [-0.1, -0.05) is 0 Å². The predicted octanol–water partition coefficient (Wildman–Crippen LogP) is -1.08. The standard InChI is InChI=1S/C9H15N6O4P/c10-7-6-8(14-9(11)13-7)15(4-12-6)3-5(16)1-2-20(17,18)19/h4-5,16H,1-3H2,(H2,17,18,19)(H4,10,11,13,14)/t5-/m0/s1. The van der Waals surface area contributed by atoms with Gasteiger partial charge in [-0.25, -0.2) is 4.98 Å². The lowest BCUT2D eigenvalue weighted by molar-refractivity contribution is 0.149. The zero-order valence-electron chi connectivity index (χ0n) is 10.4. The van der Waals surface area contributed by atoms with E-state index in [-0.39, 0.29) is 30.9 Å². The van der Waals surface area contributed by atoms with Crippen LogP contribution in [0.5, 0.6) is 0 Å². The summed E-state index contributed by atoms with van der Waals surface area (Å²) in [6.45, 7) is 0.0758. The van der Waals surface area contributed by atoms with Gasteiger partial charge in [0, 0.05) is 0 Å². The highest BCUT2D eigenvalue weighted by Gasteiger charge is 2.18. The molecule has 2 aromatic rings. The van der Waals surface area contributed by atoms with Gasteiger partial charge in [0.05, 0.1) is 25.1 Å². The number of imidazole rings is 1. The molecule has 11 heteroatoms. The van der Waals surface area contributed by atoms with Crippen molar-refractivity contribution >= 4 is 30.5 Å². The number of rotatable bonds is 5. The molecule has 2 aromatic heterocycles. The first kappa shape index (κ1) is 14.7. The Morgan fingerprint density at radius 1 is 1.35 bits per heavy atom. The van der Waals surface area contributed by atoms with Gasteiger partial charge in [0.2, 0.25) is 5.95 Å². The Morgan fingerprint density at radius 2 is 2.05 bits per heavy atom. The number of hydrogen-bond acceptors (Lipinski definition) is 7. The van der Waals surface area contributed by atoms with Gasteiger partial charge in [0.25, 0.3) is 0 Å². The van der Waals surface area contributed by atoms with Gasteiger partial charge in [0.15, 0.2) is 11.5 Å². The van der Waals surface area contributed by atoms with E-state index in [0.29, 0.717) is 11.2 Å². The molecule has 0 aliphatic carbocycles. The summed E-state index contributed by atoms with van der Waals surface area (Å²) in [5.74, 6) is 0.123. The summed E-state index contributed by atoms with van der Waals surface area (Å²) in [4.78, 5) is 29.3. The zero-order valence-corrected chi connectivity index (χ0v) is 11.3. The van der Waals surface area contributed by atoms with Crippen molar-refractivity contribution in [2.24, 2.45) is 0 Å². The van der Waals surface area contributed by atoms with Crippen LogP contribution >= 0.6 is 7.60 Å². The maximum Gasteiger partial charge on any atom is 0.325 e. The quantitative estimate of drug-likeness (QED) is 0.430. The molecule has 2 heterocycles. The number of nitrogens with zero attached hydrogens (tertiary/aromatic N) is 4. The predicted molar refractivity (Wildman–Crippen MR) is 71.7 cm³/mol. The van der Waals surface area contributed by atoms with Crippen molar-refractivity contribution < 1.29 is 19.5 Å². The smallest absolute Gasteiger partial charge is 0.325 e. The molecule has 0 aliphatic heterocycles. The van der Waals surface area contributed by atoms with Crippen molar-refractivity contribution in [3.05, 3.63) is 6.33 Å². The van der Waals surface area contributed by atoms with E-state index in [4.69, 9.17) is 21.3 Å². The lowest BCUT2D eigenvalue weighted by Gasteiger charge is -2.12. The van der Waals surface area contributed by atoms with Crippen molar-refractivity contribution in [3.8, 4) is 0 Å². The second-order valence-corrected chi connectivity index (χ2v) is 6.14. The van der Waals surface area contributed by atoms with Crippen molar-refractivity contribution in [3.63, 3.8) is 0 Å². The van der Waals surface area contributed by atoms with Gasteiger partial charge < -0.3 is 30.9 Å². The summed E-state index contributed by atoms with van der Waals surface area (Å²) in [5, 5.41) is 9.78. The van der Waals surface area contributed by atoms with E-state index in [2.05, 4.69) is 15.0 Å². The molecular formula is C9H15N6O4P.